The first-order valence-corrected chi connectivity index (χ1v) is 13.1. The lowest BCUT2D eigenvalue weighted by Gasteiger charge is -2.07. The molecule has 0 unspecified atom stereocenters. The SMILES string of the molecule is COc1cc(F)cc(-c2cccc3[nH]c(-c4n[nH]c5ccc(-c6cncc(NC(=O)c7ccccc7)c6)nc45)nc23)c1. The number of rotatable bonds is 6. The molecule has 0 fully saturated rings. The Bertz CT molecular complexity index is 2100. The lowest BCUT2D eigenvalue weighted by atomic mass is 10.0. The van der Waals surface area contributed by atoms with E-state index in [1.54, 1.807) is 30.6 Å². The highest BCUT2D eigenvalue weighted by atomic mass is 19.1. The smallest absolute Gasteiger partial charge is 0.255 e. The Labute approximate surface area is 238 Å². The number of nitrogens with one attached hydrogen (secondary N) is 3. The molecule has 0 aliphatic heterocycles. The summed E-state index contributed by atoms with van der Waals surface area (Å²) >= 11 is 0. The lowest BCUT2D eigenvalue weighted by molar-refractivity contribution is 0.102. The Morgan fingerprint density at radius 2 is 1.74 bits per heavy atom. The number of imidazole rings is 1. The minimum atomic E-state index is -0.398. The number of pyridine rings is 2. The van der Waals surface area contributed by atoms with Crippen molar-refractivity contribution in [2.75, 3.05) is 12.4 Å². The molecule has 0 saturated carbocycles. The fourth-order valence-electron chi connectivity index (χ4n) is 4.88. The number of hydrogen-bond donors (Lipinski definition) is 3. The van der Waals surface area contributed by atoms with Gasteiger partial charge in [-0.3, -0.25) is 14.9 Å². The number of ether oxygens (including phenoxy) is 1. The van der Waals surface area contributed by atoms with Gasteiger partial charge in [0.1, 0.15) is 17.1 Å². The number of methoxy groups -OCH3 is 1. The molecule has 10 heteroatoms. The van der Waals surface area contributed by atoms with Crippen LogP contribution in [0, 0.1) is 5.82 Å². The van der Waals surface area contributed by atoms with Gasteiger partial charge in [-0.15, -0.1) is 0 Å². The first-order valence-electron chi connectivity index (χ1n) is 13.1. The number of halogens is 1. The molecule has 0 radical (unpaired) electrons. The van der Waals surface area contributed by atoms with Crippen molar-refractivity contribution in [2.24, 2.45) is 0 Å². The fraction of sp³-hybridized carbons (Fsp3) is 0.0312. The Morgan fingerprint density at radius 1 is 0.857 bits per heavy atom. The molecule has 3 N–H and O–H groups in total. The molecule has 42 heavy (non-hydrogen) atoms. The second-order valence-corrected chi connectivity index (χ2v) is 9.61. The van der Waals surface area contributed by atoms with E-state index in [0.29, 0.717) is 50.8 Å². The predicted molar refractivity (Wildman–Crippen MR) is 159 cm³/mol. The predicted octanol–water partition coefficient (Wildman–Crippen LogP) is 6.63. The van der Waals surface area contributed by atoms with Crippen LogP contribution in [0.5, 0.6) is 5.75 Å². The second-order valence-electron chi connectivity index (χ2n) is 9.61. The number of amides is 1. The number of carbonyl (C=O) groups excluding carboxylic acids is 1. The molecule has 204 valence electrons. The monoisotopic (exact) mass is 555 g/mol. The minimum Gasteiger partial charge on any atom is -0.497 e. The maximum atomic E-state index is 14.3. The molecule has 7 rings (SSSR count). The molecule has 3 aromatic carbocycles. The third kappa shape index (κ3) is 4.60. The average molecular weight is 556 g/mol. The zero-order chi connectivity index (χ0) is 28.6. The minimum absolute atomic E-state index is 0.226. The number of nitrogens with zero attached hydrogens (tertiary/aromatic N) is 4. The summed E-state index contributed by atoms with van der Waals surface area (Å²) in [4.78, 5) is 30.0. The molecular formula is C32H22FN7O2. The van der Waals surface area contributed by atoms with Crippen LogP contribution in [-0.4, -0.2) is 43.2 Å². The summed E-state index contributed by atoms with van der Waals surface area (Å²) in [6, 6.07) is 24.8. The largest absolute Gasteiger partial charge is 0.497 e. The van der Waals surface area contributed by atoms with E-state index in [0.717, 1.165) is 22.2 Å². The van der Waals surface area contributed by atoms with Crippen molar-refractivity contribution < 1.29 is 13.9 Å². The van der Waals surface area contributed by atoms with Crippen LogP contribution in [0.15, 0.2) is 97.3 Å². The van der Waals surface area contributed by atoms with Gasteiger partial charge in [-0.1, -0.05) is 30.3 Å². The number of H-pyrrole nitrogens is 2. The third-order valence-corrected chi connectivity index (χ3v) is 6.89. The molecule has 0 bridgehead atoms. The van der Waals surface area contributed by atoms with Crippen molar-refractivity contribution in [3.05, 3.63) is 109 Å². The van der Waals surface area contributed by atoms with E-state index in [4.69, 9.17) is 14.7 Å². The highest BCUT2D eigenvalue weighted by Crippen LogP contribution is 2.33. The standard InChI is InChI=1S/C32H22FN7O2/c1-42-23-14-19(12-21(33)15-23)24-8-5-9-26-28(24)38-31(37-26)30-29-27(39-40-30)11-10-25(36-29)20-13-22(17-34-16-20)35-32(41)18-6-3-2-4-7-18/h2-17H,1H3,(H,35,41)(H,37,38)(H,39,40). The van der Waals surface area contributed by atoms with Gasteiger partial charge in [0.2, 0.25) is 0 Å². The van der Waals surface area contributed by atoms with Gasteiger partial charge in [0.05, 0.1) is 41.2 Å². The number of para-hydroxylation sites is 1. The highest BCUT2D eigenvalue weighted by molar-refractivity contribution is 6.04. The normalized spacial score (nSPS) is 11.2. The first-order chi connectivity index (χ1) is 20.6. The molecule has 4 aromatic heterocycles. The van der Waals surface area contributed by atoms with Crippen LogP contribution in [-0.2, 0) is 0 Å². The van der Waals surface area contributed by atoms with E-state index in [1.807, 2.05) is 54.6 Å². The van der Waals surface area contributed by atoms with Gasteiger partial charge < -0.3 is 15.0 Å². The third-order valence-electron chi connectivity index (χ3n) is 6.89. The summed E-state index contributed by atoms with van der Waals surface area (Å²) in [6.07, 6.45) is 3.28. The van der Waals surface area contributed by atoms with Gasteiger partial charge in [-0.25, -0.2) is 14.4 Å². The molecule has 1 amide bonds. The molecule has 0 aliphatic rings. The number of aromatic nitrogens is 6. The lowest BCUT2D eigenvalue weighted by Crippen LogP contribution is -2.11. The molecule has 4 heterocycles. The maximum Gasteiger partial charge on any atom is 0.255 e. The van der Waals surface area contributed by atoms with Crippen molar-refractivity contribution in [1.29, 1.82) is 0 Å². The van der Waals surface area contributed by atoms with Crippen LogP contribution in [0.3, 0.4) is 0 Å². The van der Waals surface area contributed by atoms with Crippen LogP contribution in [0.2, 0.25) is 0 Å². The number of anilines is 1. The van der Waals surface area contributed by atoms with Crippen molar-refractivity contribution in [3.8, 4) is 39.7 Å². The Hall–Kier alpha value is -5.90. The summed E-state index contributed by atoms with van der Waals surface area (Å²) in [5.74, 6) is 0.311. The first kappa shape index (κ1) is 25.1. The highest BCUT2D eigenvalue weighted by Gasteiger charge is 2.18. The molecule has 0 spiro atoms. The molecule has 7 aromatic rings. The zero-order valence-corrected chi connectivity index (χ0v) is 22.2. The van der Waals surface area contributed by atoms with Crippen LogP contribution < -0.4 is 10.1 Å². The van der Waals surface area contributed by atoms with E-state index in [2.05, 4.69) is 25.5 Å². The van der Waals surface area contributed by atoms with Gasteiger partial charge in [0, 0.05) is 29.0 Å². The van der Waals surface area contributed by atoms with Gasteiger partial charge >= 0.3 is 0 Å². The number of carbonyl (C=O) groups is 1. The van der Waals surface area contributed by atoms with Crippen molar-refractivity contribution in [2.45, 2.75) is 0 Å². The van der Waals surface area contributed by atoms with Gasteiger partial charge in [0.25, 0.3) is 5.91 Å². The van der Waals surface area contributed by atoms with Crippen molar-refractivity contribution >= 4 is 33.7 Å². The summed E-state index contributed by atoms with van der Waals surface area (Å²) < 4.78 is 19.6. The average Bonchev–Trinajstić information content (AvgIpc) is 3.65. The quantitative estimate of drug-likeness (QED) is 0.212. The maximum absolute atomic E-state index is 14.3. The van der Waals surface area contributed by atoms with Gasteiger partial charge in [0.15, 0.2) is 11.5 Å². The van der Waals surface area contributed by atoms with E-state index in [1.165, 1.54) is 19.2 Å². The molecule has 0 saturated heterocycles. The van der Waals surface area contributed by atoms with E-state index in [-0.39, 0.29) is 5.91 Å². The topological polar surface area (TPSA) is 121 Å². The number of aromatic amines is 2. The Balaban J connectivity index is 1.25. The number of benzene rings is 3. The summed E-state index contributed by atoms with van der Waals surface area (Å²) in [5.41, 5.74) is 7.18. The van der Waals surface area contributed by atoms with Crippen molar-refractivity contribution in [3.63, 3.8) is 0 Å². The molecule has 0 atom stereocenters. The van der Waals surface area contributed by atoms with Gasteiger partial charge in [-0.2, -0.15) is 5.10 Å². The summed E-state index contributed by atoms with van der Waals surface area (Å²) in [7, 11) is 1.50. The van der Waals surface area contributed by atoms with Crippen LogP contribution in [0.1, 0.15) is 10.4 Å². The molecule has 0 aliphatic carbocycles. The summed E-state index contributed by atoms with van der Waals surface area (Å²) in [6.45, 7) is 0. The number of fused-ring (bicyclic) bond motifs is 2. The van der Waals surface area contributed by atoms with Crippen LogP contribution >= 0.6 is 0 Å². The van der Waals surface area contributed by atoms with E-state index in [9.17, 15) is 9.18 Å². The number of hydrogen-bond acceptors (Lipinski definition) is 6. The second kappa shape index (κ2) is 10.3. The van der Waals surface area contributed by atoms with Crippen LogP contribution in [0.25, 0.3) is 56.0 Å². The molecular weight excluding hydrogens is 533 g/mol. The van der Waals surface area contributed by atoms with Crippen molar-refractivity contribution in [1.82, 2.24) is 30.1 Å². The van der Waals surface area contributed by atoms with Crippen LogP contribution in [0.4, 0.5) is 10.1 Å². The fourth-order valence-corrected chi connectivity index (χ4v) is 4.88. The molecule has 9 nitrogen and oxygen atoms in total. The Morgan fingerprint density at radius 3 is 2.60 bits per heavy atom. The zero-order valence-electron chi connectivity index (χ0n) is 22.2. The van der Waals surface area contributed by atoms with E-state index < -0.39 is 5.82 Å². The van der Waals surface area contributed by atoms with E-state index >= 15 is 0 Å². The summed E-state index contributed by atoms with van der Waals surface area (Å²) in [5, 5.41) is 10.4. The van der Waals surface area contributed by atoms with Gasteiger partial charge in [-0.05, 0) is 54.1 Å². The Kier molecular flexibility index (Phi) is 6.12.